The van der Waals surface area contributed by atoms with Crippen molar-refractivity contribution in [3.05, 3.63) is 17.5 Å². The lowest BCUT2D eigenvalue weighted by Crippen LogP contribution is -2.40. The van der Waals surface area contributed by atoms with Crippen molar-refractivity contribution in [1.82, 2.24) is 20.0 Å². The summed E-state index contributed by atoms with van der Waals surface area (Å²) in [4.78, 5) is 7.20. The highest BCUT2D eigenvalue weighted by molar-refractivity contribution is 5.80. The molecule has 22 heavy (non-hydrogen) atoms. The maximum Gasteiger partial charge on any atom is 0.193 e. The Labute approximate surface area is 134 Å². The second kappa shape index (κ2) is 7.16. The maximum atomic E-state index is 4.80. The molecule has 124 valence electrons. The Morgan fingerprint density at radius 1 is 1.41 bits per heavy atom. The number of nitrogens with zero attached hydrogens (tertiary/aromatic N) is 4. The molecule has 1 aliphatic heterocycles. The highest BCUT2D eigenvalue weighted by Gasteiger charge is 2.30. The number of nitrogens with one attached hydrogen (secondary N) is 1. The molecule has 1 N–H and O–H groups in total. The summed E-state index contributed by atoms with van der Waals surface area (Å²) in [5.74, 6) is 1.07. The first-order chi connectivity index (χ1) is 10.4. The summed E-state index contributed by atoms with van der Waals surface area (Å²) in [6.07, 6.45) is 2.26. The topological polar surface area (TPSA) is 45.5 Å². The van der Waals surface area contributed by atoms with E-state index in [0.717, 1.165) is 50.8 Å². The molecule has 1 aliphatic rings. The molecule has 0 aromatic carbocycles. The van der Waals surface area contributed by atoms with Gasteiger partial charge in [-0.3, -0.25) is 9.67 Å². The van der Waals surface area contributed by atoms with E-state index in [1.165, 1.54) is 12.1 Å². The predicted molar refractivity (Wildman–Crippen MR) is 92.3 cm³/mol. The fourth-order valence-corrected chi connectivity index (χ4v) is 3.03. The molecule has 0 aliphatic carbocycles. The Hall–Kier alpha value is -1.52. The van der Waals surface area contributed by atoms with Crippen LogP contribution in [0.1, 0.15) is 45.0 Å². The monoisotopic (exact) mass is 305 g/mol. The minimum absolute atomic E-state index is 0.403. The molecule has 2 heterocycles. The molecule has 0 spiro atoms. The first-order valence-electron chi connectivity index (χ1n) is 8.45. The van der Waals surface area contributed by atoms with Crippen molar-refractivity contribution in [3.63, 3.8) is 0 Å². The van der Waals surface area contributed by atoms with Gasteiger partial charge in [0.1, 0.15) is 0 Å². The average molecular weight is 305 g/mol. The number of aliphatic imine (C=N–C) groups is 1. The molecule has 1 fully saturated rings. The van der Waals surface area contributed by atoms with Crippen molar-refractivity contribution in [3.8, 4) is 0 Å². The SMILES string of the molecule is CCNC(=NCCCn1nc(C)cc1C)N1CCC(C)(C)C1. The van der Waals surface area contributed by atoms with E-state index in [0.29, 0.717) is 5.41 Å². The molecular formula is C17H31N5. The molecule has 1 aromatic heterocycles. The lowest BCUT2D eigenvalue weighted by Gasteiger charge is -2.23. The zero-order valence-corrected chi connectivity index (χ0v) is 14.8. The molecule has 0 atom stereocenters. The standard InChI is InChI=1S/C17H31N5/c1-6-18-16(21-11-8-17(4,5)13-21)19-9-7-10-22-15(3)12-14(2)20-22/h12H,6-11,13H2,1-5H3,(H,18,19). The van der Waals surface area contributed by atoms with Gasteiger partial charge in [-0.15, -0.1) is 0 Å². The molecule has 1 saturated heterocycles. The zero-order chi connectivity index (χ0) is 16.2. The van der Waals surface area contributed by atoms with Crippen molar-refractivity contribution >= 4 is 5.96 Å². The van der Waals surface area contributed by atoms with Crippen LogP contribution >= 0.6 is 0 Å². The van der Waals surface area contributed by atoms with Crippen LogP contribution in [0.4, 0.5) is 0 Å². The Kier molecular flexibility index (Phi) is 5.48. The summed E-state index contributed by atoms with van der Waals surface area (Å²) in [7, 11) is 0. The van der Waals surface area contributed by atoms with E-state index in [1.54, 1.807) is 0 Å². The molecule has 0 bridgehead atoms. The van der Waals surface area contributed by atoms with Crippen LogP contribution in [0.3, 0.4) is 0 Å². The van der Waals surface area contributed by atoms with E-state index in [4.69, 9.17) is 4.99 Å². The Balaban J connectivity index is 1.87. The van der Waals surface area contributed by atoms with Crippen LogP contribution in [-0.2, 0) is 6.54 Å². The highest BCUT2D eigenvalue weighted by Crippen LogP contribution is 2.28. The maximum absolute atomic E-state index is 4.80. The number of rotatable bonds is 5. The van der Waals surface area contributed by atoms with Gasteiger partial charge in [-0.2, -0.15) is 5.10 Å². The first-order valence-corrected chi connectivity index (χ1v) is 8.45. The van der Waals surface area contributed by atoms with Gasteiger partial charge in [0.05, 0.1) is 5.69 Å². The summed E-state index contributed by atoms with van der Waals surface area (Å²) in [5, 5.41) is 7.93. The molecule has 5 nitrogen and oxygen atoms in total. The van der Waals surface area contributed by atoms with E-state index < -0.39 is 0 Å². The van der Waals surface area contributed by atoms with Crippen molar-refractivity contribution in [1.29, 1.82) is 0 Å². The van der Waals surface area contributed by atoms with Gasteiger partial charge in [0, 0.05) is 38.4 Å². The minimum Gasteiger partial charge on any atom is -0.357 e. The van der Waals surface area contributed by atoms with Crippen molar-refractivity contribution in [2.24, 2.45) is 10.4 Å². The fraction of sp³-hybridized carbons (Fsp3) is 0.765. The van der Waals surface area contributed by atoms with Gasteiger partial charge < -0.3 is 10.2 Å². The van der Waals surface area contributed by atoms with E-state index in [9.17, 15) is 0 Å². The fourth-order valence-electron chi connectivity index (χ4n) is 3.03. The molecule has 0 radical (unpaired) electrons. The average Bonchev–Trinajstić information content (AvgIpc) is 2.95. The smallest absolute Gasteiger partial charge is 0.193 e. The Morgan fingerprint density at radius 2 is 2.18 bits per heavy atom. The van der Waals surface area contributed by atoms with Crippen LogP contribution in [0.5, 0.6) is 0 Å². The van der Waals surface area contributed by atoms with Crippen LogP contribution in [-0.4, -0.2) is 46.8 Å². The summed E-state index contributed by atoms with van der Waals surface area (Å²) in [5.41, 5.74) is 2.73. The normalized spacial score (nSPS) is 18.0. The summed E-state index contributed by atoms with van der Waals surface area (Å²) in [6.45, 7) is 15.9. The van der Waals surface area contributed by atoms with Crippen molar-refractivity contribution in [2.45, 2.75) is 54.0 Å². The van der Waals surface area contributed by atoms with Gasteiger partial charge in [0.25, 0.3) is 0 Å². The lowest BCUT2D eigenvalue weighted by atomic mass is 9.93. The second-order valence-electron chi connectivity index (χ2n) is 7.08. The summed E-state index contributed by atoms with van der Waals surface area (Å²) >= 11 is 0. The molecule has 1 aromatic rings. The second-order valence-corrected chi connectivity index (χ2v) is 7.08. The van der Waals surface area contributed by atoms with Crippen LogP contribution in [0.25, 0.3) is 0 Å². The van der Waals surface area contributed by atoms with Crippen molar-refractivity contribution in [2.75, 3.05) is 26.2 Å². The van der Waals surface area contributed by atoms with Gasteiger partial charge in [0.15, 0.2) is 5.96 Å². The number of aromatic nitrogens is 2. The molecule has 2 rings (SSSR count). The summed E-state index contributed by atoms with van der Waals surface area (Å²) in [6, 6.07) is 2.12. The highest BCUT2D eigenvalue weighted by atomic mass is 15.3. The van der Waals surface area contributed by atoms with Gasteiger partial charge in [-0.25, -0.2) is 0 Å². The third kappa shape index (κ3) is 4.49. The number of hydrogen-bond donors (Lipinski definition) is 1. The third-order valence-electron chi connectivity index (χ3n) is 4.20. The van der Waals surface area contributed by atoms with Crippen LogP contribution in [0.2, 0.25) is 0 Å². The van der Waals surface area contributed by atoms with E-state index >= 15 is 0 Å². The Morgan fingerprint density at radius 3 is 2.73 bits per heavy atom. The zero-order valence-electron chi connectivity index (χ0n) is 14.8. The molecule has 0 amide bonds. The molecule has 0 saturated carbocycles. The van der Waals surface area contributed by atoms with Gasteiger partial charge in [-0.1, -0.05) is 13.8 Å². The minimum atomic E-state index is 0.403. The van der Waals surface area contributed by atoms with Crippen LogP contribution < -0.4 is 5.32 Å². The van der Waals surface area contributed by atoms with E-state index in [2.05, 4.69) is 53.8 Å². The molecular weight excluding hydrogens is 274 g/mol. The third-order valence-corrected chi connectivity index (χ3v) is 4.20. The number of hydrogen-bond acceptors (Lipinski definition) is 2. The molecule has 5 heteroatoms. The quantitative estimate of drug-likeness (QED) is 0.517. The van der Waals surface area contributed by atoms with Gasteiger partial charge >= 0.3 is 0 Å². The predicted octanol–water partition coefficient (Wildman–Crippen LogP) is 2.59. The van der Waals surface area contributed by atoms with E-state index in [-0.39, 0.29) is 0 Å². The van der Waals surface area contributed by atoms with E-state index in [1.807, 2.05) is 6.92 Å². The summed E-state index contributed by atoms with van der Waals surface area (Å²) < 4.78 is 2.08. The molecule has 0 unspecified atom stereocenters. The van der Waals surface area contributed by atoms with Crippen LogP contribution in [0.15, 0.2) is 11.1 Å². The van der Waals surface area contributed by atoms with Gasteiger partial charge in [-0.05, 0) is 45.1 Å². The number of aryl methyl sites for hydroxylation is 3. The first kappa shape index (κ1) is 16.8. The largest absolute Gasteiger partial charge is 0.357 e. The Bertz CT molecular complexity index is 515. The van der Waals surface area contributed by atoms with Gasteiger partial charge in [0.2, 0.25) is 0 Å². The van der Waals surface area contributed by atoms with Crippen LogP contribution in [0, 0.1) is 19.3 Å². The number of guanidine groups is 1. The lowest BCUT2D eigenvalue weighted by molar-refractivity contribution is 0.370. The number of likely N-dealkylation sites (tertiary alicyclic amines) is 1. The van der Waals surface area contributed by atoms with Crippen molar-refractivity contribution < 1.29 is 0 Å².